The highest BCUT2D eigenvalue weighted by Crippen LogP contribution is 2.29. The van der Waals surface area contributed by atoms with Crippen LogP contribution in [0.3, 0.4) is 0 Å². The summed E-state index contributed by atoms with van der Waals surface area (Å²) < 4.78 is 6.39. The average Bonchev–Trinajstić information content (AvgIpc) is 2.82. The monoisotopic (exact) mass is 454 g/mol. The molecule has 2 aromatic carbocycles. The molecular weight excluding hydrogens is 420 g/mol. The highest BCUT2D eigenvalue weighted by atomic mass is 16.5. The summed E-state index contributed by atoms with van der Waals surface area (Å²) in [5.74, 6) is 0.616. The molecule has 0 bridgehead atoms. The number of hydrogen-bond donors (Lipinski definition) is 3. The summed E-state index contributed by atoms with van der Waals surface area (Å²) in [6.07, 6.45) is -0.0186. The van der Waals surface area contributed by atoms with Gasteiger partial charge in [0.2, 0.25) is 5.91 Å². The number of nitrogens with one attached hydrogen (secondary N) is 2. The molecule has 8 nitrogen and oxygen atoms in total. The Morgan fingerprint density at radius 2 is 1.88 bits per heavy atom. The van der Waals surface area contributed by atoms with Crippen LogP contribution in [0.1, 0.15) is 19.4 Å². The Kier molecular flexibility index (Phi) is 8.30. The van der Waals surface area contributed by atoms with Crippen molar-refractivity contribution in [3.8, 4) is 5.75 Å². The molecule has 0 radical (unpaired) electrons. The second kappa shape index (κ2) is 11.2. The van der Waals surface area contributed by atoms with Crippen LogP contribution in [-0.4, -0.2) is 72.8 Å². The minimum atomic E-state index is -0.369. The third-order valence-corrected chi connectivity index (χ3v) is 5.75. The molecule has 1 aliphatic rings. The number of hydrogen-bond acceptors (Lipinski definition) is 5. The molecule has 1 heterocycles. The minimum Gasteiger partial charge on any atom is -0.488 e. The van der Waals surface area contributed by atoms with Crippen molar-refractivity contribution in [2.24, 2.45) is 5.92 Å². The second-order valence-electron chi connectivity index (χ2n) is 8.92. The van der Waals surface area contributed by atoms with E-state index in [2.05, 4.69) is 22.5 Å². The van der Waals surface area contributed by atoms with E-state index in [4.69, 9.17) is 4.74 Å². The Hall–Kier alpha value is -3.10. The molecule has 3 rings (SSSR count). The number of ether oxygens (including phenoxy) is 1. The van der Waals surface area contributed by atoms with Gasteiger partial charge in [-0.05, 0) is 51.4 Å². The quantitative estimate of drug-likeness (QED) is 0.624. The van der Waals surface area contributed by atoms with Gasteiger partial charge in [-0.3, -0.25) is 4.79 Å². The Labute approximate surface area is 195 Å². The maximum atomic E-state index is 13.2. The van der Waals surface area contributed by atoms with Crippen molar-refractivity contribution in [3.05, 3.63) is 54.1 Å². The molecular formula is C25H34N4O4. The molecule has 0 aliphatic carbocycles. The number of para-hydroxylation sites is 1. The van der Waals surface area contributed by atoms with Gasteiger partial charge in [0, 0.05) is 35.9 Å². The fourth-order valence-electron chi connectivity index (χ4n) is 3.90. The van der Waals surface area contributed by atoms with Crippen molar-refractivity contribution in [1.82, 2.24) is 9.80 Å². The third kappa shape index (κ3) is 6.69. The largest absolute Gasteiger partial charge is 0.488 e. The lowest BCUT2D eigenvalue weighted by Gasteiger charge is -2.33. The van der Waals surface area contributed by atoms with Crippen LogP contribution in [0.4, 0.5) is 16.2 Å². The molecule has 3 amide bonds. The van der Waals surface area contributed by atoms with Crippen molar-refractivity contribution in [1.29, 1.82) is 0 Å². The van der Waals surface area contributed by atoms with Crippen LogP contribution < -0.4 is 15.4 Å². The number of aliphatic hydroxyl groups is 1. The first-order valence-corrected chi connectivity index (χ1v) is 11.2. The molecule has 0 saturated carbocycles. The summed E-state index contributed by atoms with van der Waals surface area (Å²) in [6, 6.07) is 13.9. The first-order valence-electron chi connectivity index (χ1n) is 11.2. The predicted octanol–water partition coefficient (Wildman–Crippen LogP) is 3.04. The summed E-state index contributed by atoms with van der Waals surface area (Å²) in [7, 11) is 3.97. The lowest BCUT2D eigenvalue weighted by atomic mass is 10.0. The van der Waals surface area contributed by atoms with E-state index in [1.807, 2.05) is 39.2 Å². The van der Waals surface area contributed by atoms with Crippen LogP contribution >= 0.6 is 0 Å². The van der Waals surface area contributed by atoms with Gasteiger partial charge >= 0.3 is 6.03 Å². The van der Waals surface area contributed by atoms with Gasteiger partial charge in [0.15, 0.2) is 0 Å². The van der Waals surface area contributed by atoms with E-state index < -0.39 is 0 Å². The molecule has 2 aromatic rings. The topological polar surface area (TPSA) is 94.1 Å². The highest BCUT2D eigenvalue weighted by Gasteiger charge is 2.30. The maximum Gasteiger partial charge on any atom is 0.323 e. The Bertz CT molecular complexity index is 951. The van der Waals surface area contributed by atoms with Crippen LogP contribution in [-0.2, 0) is 11.2 Å². The smallest absolute Gasteiger partial charge is 0.323 e. The van der Waals surface area contributed by atoms with Crippen LogP contribution in [0, 0.1) is 5.92 Å². The Morgan fingerprint density at radius 3 is 2.55 bits per heavy atom. The predicted molar refractivity (Wildman–Crippen MR) is 130 cm³/mol. The fourth-order valence-corrected chi connectivity index (χ4v) is 3.90. The molecule has 33 heavy (non-hydrogen) atoms. The van der Waals surface area contributed by atoms with Crippen molar-refractivity contribution in [2.75, 3.05) is 44.4 Å². The lowest BCUT2D eigenvalue weighted by Crippen LogP contribution is -2.47. The van der Waals surface area contributed by atoms with Crippen LogP contribution in [0.5, 0.6) is 5.75 Å². The first kappa shape index (κ1) is 24.5. The summed E-state index contributed by atoms with van der Waals surface area (Å²) in [4.78, 5) is 29.4. The van der Waals surface area contributed by atoms with Crippen molar-refractivity contribution in [2.45, 2.75) is 32.4 Å². The molecule has 0 spiro atoms. The van der Waals surface area contributed by atoms with Crippen LogP contribution in [0.25, 0.3) is 0 Å². The number of likely N-dealkylation sites (N-methyl/N-ethyl adjacent to an activating group) is 1. The normalized spacial score (nSPS) is 19.6. The van der Waals surface area contributed by atoms with Gasteiger partial charge in [0.1, 0.15) is 11.9 Å². The zero-order chi connectivity index (χ0) is 24.0. The van der Waals surface area contributed by atoms with E-state index in [1.165, 1.54) is 0 Å². The molecule has 3 N–H and O–H groups in total. The number of urea groups is 1. The Balaban J connectivity index is 1.86. The number of anilines is 2. The first-order chi connectivity index (χ1) is 15.8. The van der Waals surface area contributed by atoms with Crippen molar-refractivity contribution in [3.63, 3.8) is 0 Å². The number of carbonyl (C=O) groups is 2. The van der Waals surface area contributed by atoms with Crippen molar-refractivity contribution < 1.29 is 19.4 Å². The van der Waals surface area contributed by atoms with E-state index >= 15 is 0 Å². The van der Waals surface area contributed by atoms with E-state index in [1.54, 1.807) is 35.2 Å². The molecule has 0 unspecified atom stereocenters. The van der Waals surface area contributed by atoms with Crippen LogP contribution in [0.15, 0.2) is 48.5 Å². The molecule has 8 heteroatoms. The summed E-state index contributed by atoms with van der Waals surface area (Å²) >= 11 is 0. The van der Waals surface area contributed by atoms with Gasteiger partial charge in [-0.2, -0.15) is 0 Å². The van der Waals surface area contributed by atoms with Gasteiger partial charge in [0.25, 0.3) is 0 Å². The van der Waals surface area contributed by atoms with E-state index in [-0.39, 0.29) is 43.0 Å². The van der Waals surface area contributed by atoms with Gasteiger partial charge in [-0.1, -0.05) is 25.1 Å². The molecule has 0 aromatic heterocycles. The van der Waals surface area contributed by atoms with E-state index in [9.17, 15) is 14.7 Å². The highest BCUT2D eigenvalue weighted by molar-refractivity contribution is 5.99. The molecule has 3 atom stereocenters. The zero-order valence-corrected chi connectivity index (χ0v) is 19.7. The molecule has 178 valence electrons. The summed E-state index contributed by atoms with van der Waals surface area (Å²) in [5, 5.41) is 15.3. The number of benzene rings is 2. The lowest BCUT2D eigenvalue weighted by molar-refractivity contribution is -0.134. The fraction of sp³-hybridized carbons (Fsp3) is 0.440. The van der Waals surface area contributed by atoms with E-state index in [0.717, 1.165) is 0 Å². The third-order valence-electron chi connectivity index (χ3n) is 5.75. The second-order valence-corrected chi connectivity index (χ2v) is 8.92. The number of nitrogens with zero attached hydrogens (tertiary/aromatic N) is 2. The number of fused-ring (bicyclic) bond motifs is 1. The average molecular weight is 455 g/mol. The number of carbonyl (C=O) groups excluding carboxylic acids is 2. The van der Waals surface area contributed by atoms with Gasteiger partial charge in [0.05, 0.1) is 19.1 Å². The number of rotatable bonds is 6. The maximum absolute atomic E-state index is 13.2. The Morgan fingerprint density at radius 1 is 1.18 bits per heavy atom. The SMILES string of the molecule is C[C@@H]1CN([C@@H](C)CO)C(=O)Cc2cc(NC(=O)Nc3ccccc3)ccc2O[C@H]1CN(C)C. The zero-order valence-electron chi connectivity index (χ0n) is 19.7. The molecule has 1 aliphatic heterocycles. The summed E-state index contributed by atoms with van der Waals surface area (Å²) in [6.45, 7) is 4.99. The van der Waals surface area contributed by atoms with Gasteiger partial charge in [-0.15, -0.1) is 0 Å². The number of amides is 3. The standard InChI is InChI=1S/C25H34N4O4/c1-17-14-29(18(2)16-30)24(31)13-19-12-21(10-11-22(19)33-23(17)15-28(3)4)27-25(32)26-20-8-6-5-7-9-20/h5-12,17-18,23,30H,13-16H2,1-4H3,(H2,26,27,32)/t17-,18+,23+/m1/s1. The van der Waals surface area contributed by atoms with Crippen molar-refractivity contribution >= 4 is 23.3 Å². The van der Waals surface area contributed by atoms with Crippen LogP contribution in [0.2, 0.25) is 0 Å². The van der Waals surface area contributed by atoms with Gasteiger partial charge in [-0.25, -0.2) is 4.79 Å². The minimum absolute atomic E-state index is 0.0609. The number of aliphatic hydroxyl groups excluding tert-OH is 1. The molecule has 0 saturated heterocycles. The van der Waals surface area contributed by atoms with E-state index in [0.29, 0.717) is 35.8 Å². The summed E-state index contributed by atoms with van der Waals surface area (Å²) in [5.41, 5.74) is 1.95. The van der Waals surface area contributed by atoms with Gasteiger partial charge < -0.3 is 30.3 Å². The molecule has 0 fully saturated rings.